The van der Waals surface area contributed by atoms with Crippen LogP contribution in [0.2, 0.25) is 0 Å². The molecule has 0 saturated heterocycles. The summed E-state index contributed by atoms with van der Waals surface area (Å²) in [7, 11) is 3.08. The first-order chi connectivity index (χ1) is 12.7. The average Bonchev–Trinajstić information content (AvgIpc) is 2.58. The van der Waals surface area contributed by atoms with Gasteiger partial charge in [0.25, 0.3) is 0 Å². The van der Waals surface area contributed by atoms with Gasteiger partial charge >= 0.3 is 0 Å². The van der Waals surface area contributed by atoms with Crippen LogP contribution in [0.1, 0.15) is 38.2 Å². The van der Waals surface area contributed by atoms with Crippen LogP contribution < -0.4 is 15.2 Å². The first-order valence-electron chi connectivity index (χ1n) is 8.47. The number of carbonyl (C=O) groups excluding carboxylic acids is 1. The number of nitrogens with zero attached hydrogens (tertiary/aromatic N) is 1. The van der Waals surface area contributed by atoms with Gasteiger partial charge in [-0.05, 0) is 39.0 Å². The fraction of sp³-hybridized carbons (Fsp3) is 0.400. The van der Waals surface area contributed by atoms with Crippen molar-refractivity contribution in [1.82, 2.24) is 0 Å². The number of benzene rings is 1. The molecule has 0 amide bonds. The van der Waals surface area contributed by atoms with Crippen LogP contribution >= 0.6 is 15.9 Å². The molecule has 1 aromatic carbocycles. The van der Waals surface area contributed by atoms with Crippen LogP contribution in [-0.2, 0) is 9.53 Å². The zero-order valence-electron chi connectivity index (χ0n) is 15.7. The van der Waals surface area contributed by atoms with Crippen LogP contribution in [0.15, 0.2) is 39.4 Å². The number of Topliss-reactive ketones (excluding diaryl/α,β-unsaturated/α-hetero) is 1. The highest BCUT2D eigenvalue weighted by atomic mass is 79.9. The Morgan fingerprint density at radius 1 is 1.30 bits per heavy atom. The van der Waals surface area contributed by atoms with E-state index in [0.717, 1.165) is 0 Å². The van der Waals surface area contributed by atoms with Gasteiger partial charge < -0.3 is 19.9 Å². The Kier molecular flexibility index (Phi) is 4.96. The van der Waals surface area contributed by atoms with Crippen LogP contribution in [0.3, 0.4) is 0 Å². The van der Waals surface area contributed by atoms with E-state index in [-0.39, 0.29) is 22.7 Å². The molecular weight excluding hydrogens is 412 g/mol. The molecule has 2 N–H and O–H groups in total. The van der Waals surface area contributed by atoms with Gasteiger partial charge in [-0.3, -0.25) is 4.79 Å². The van der Waals surface area contributed by atoms with Crippen molar-refractivity contribution in [2.24, 2.45) is 11.1 Å². The number of hydrogen-bond donors (Lipinski definition) is 1. The minimum absolute atomic E-state index is 0.0302. The largest absolute Gasteiger partial charge is 0.493 e. The second kappa shape index (κ2) is 6.93. The van der Waals surface area contributed by atoms with Gasteiger partial charge in [-0.2, -0.15) is 5.26 Å². The number of nitrogens with two attached hydrogens (primary N) is 1. The van der Waals surface area contributed by atoms with Crippen LogP contribution in [0.5, 0.6) is 11.5 Å². The normalized spacial score (nSPS) is 21.3. The molecule has 27 heavy (non-hydrogen) atoms. The summed E-state index contributed by atoms with van der Waals surface area (Å²) in [6.45, 7) is 4.03. The molecule has 7 heteroatoms. The van der Waals surface area contributed by atoms with Crippen molar-refractivity contribution in [2.45, 2.75) is 32.6 Å². The van der Waals surface area contributed by atoms with Crippen LogP contribution in [0, 0.1) is 16.7 Å². The number of rotatable bonds is 3. The van der Waals surface area contributed by atoms with Gasteiger partial charge in [-0.15, -0.1) is 0 Å². The lowest BCUT2D eigenvalue weighted by Crippen LogP contribution is -2.33. The quantitative estimate of drug-likeness (QED) is 0.777. The minimum atomic E-state index is -0.599. The maximum atomic E-state index is 13.0. The topological polar surface area (TPSA) is 94.6 Å². The van der Waals surface area contributed by atoms with Gasteiger partial charge in [-0.1, -0.05) is 13.8 Å². The van der Waals surface area contributed by atoms with Crippen LogP contribution in [-0.4, -0.2) is 20.0 Å². The Hall–Kier alpha value is -2.46. The fourth-order valence-corrected chi connectivity index (χ4v) is 4.34. The zero-order chi connectivity index (χ0) is 19.9. The lowest BCUT2D eigenvalue weighted by atomic mass is 9.70. The van der Waals surface area contributed by atoms with Gasteiger partial charge in [0, 0.05) is 18.4 Å². The molecule has 0 fully saturated rings. The Balaban J connectivity index is 2.23. The number of nitriles is 1. The first kappa shape index (κ1) is 19.3. The summed E-state index contributed by atoms with van der Waals surface area (Å²) >= 11 is 3.48. The van der Waals surface area contributed by atoms with Crippen molar-refractivity contribution in [3.05, 3.63) is 45.0 Å². The van der Waals surface area contributed by atoms with E-state index in [1.54, 1.807) is 13.2 Å². The second-order valence-electron chi connectivity index (χ2n) is 7.44. The Labute approximate surface area is 166 Å². The van der Waals surface area contributed by atoms with Crippen molar-refractivity contribution in [3.63, 3.8) is 0 Å². The molecule has 3 rings (SSSR count). The van der Waals surface area contributed by atoms with Gasteiger partial charge in [0.05, 0.1) is 24.6 Å². The molecule has 2 aliphatic rings. The number of allylic oxidation sites excluding steroid dienone is 3. The monoisotopic (exact) mass is 432 g/mol. The third kappa shape index (κ3) is 3.30. The predicted octanol–water partition coefficient (Wildman–Crippen LogP) is 3.92. The number of methoxy groups -OCH3 is 2. The number of ether oxygens (including phenoxy) is 3. The molecular formula is C20H21BrN2O4. The van der Waals surface area contributed by atoms with Gasteiger partial charge in [0.1, 0.15) is 17.4 Å². The molecule has 1 aliphatic heterocycles. The average molecular weight is 433 g/mol. The smallest absolute Gasteiger partial charge is 0.205 e. The lowest BCUT2D eigenvalue weighted by Gasteiger charge is -2.37. The molecule has 1 aromatic rings. The highest BCUT2D eigenvalue weighted by Crippen LogP contribution is 2.49. The molecule has 0 radical (unpaired) electrons. The molecule has 0 bridgehead atoms. The van der Waals surface area contributed by atoms with E-state index in [2.05, 4.69) is 22.0 Å². The van der Waals surface area contributed by atoms with Crippen molar-refractivity contribution in [2.75, 3.05) is 14.2 Å². The van der Waals surface area contributed by atoms with Crippen molar-refractivity contribution in [1.29, 1.82) is 5.26 Å². The van der Waals surface area contributed by atoms with Gasteiger partial charge in [0.15, 0.2) is 17.3 Å². The van der Waals surface area contributed by atoms with E-state index in [1.807, 2.05) is 19.9 Å². The standard InChI is InChI=1S/C20H21BrN2O4/c1-20(2)7-13(24)17-15(8-20)27-19(23)11(9-22)16(17)10-5-12(21)18(26-4)14(6-10)25-3/h5-6,16H,7-8,23H2,1-4H3/t16-/m1/s1. The summed E-state index contributed by atoms with van der Waals surface area (Å²) in [5.41, 5.74) is 7.26. The number of halogens is 1. The summed E-state index contributed by atoms with van der Waals surface area (Å²) in [4.78, 5) is 13.0. The highest BCUT2D eigenvalue weighted by molar-refractivity contribution is 9.10. The molecule has 142 valence electrons. The van der Waals surface area contributed by atoms with Gasteiger partial charge in [0.2, 0.25) is 5.88 Å². The molecule has 0 spiro atoms. The summed E-state index contributed by atoms with van der Waals surface area (Å²) in [6, 6.07) is 5.70. The maximum Gasteiger partial charge on any atom is 0.205 e. The Bertz CT molecular complexity index is 925. The molecule has 1 heterocycles. The first-order valence-corrected chi connectivity index (χ1v) is 9.27. The number of ketones is 1. The lowest BCUT2D eigenvalue weighted by molar-refractivity contribution is -0.119. The summed E-state index contributed by atoms with van der Waals surface area (Å²) in [5, 5.41) is 9.70. The number of hydrogen-bond acceptors (Lipinski definition) is 6. The van der Waals surface area contributed by atoms with E-state index < -0.39 is 5.92 Å². The maximum absolute atomic E-state index is 13.0. The van der Waals surface area contributed by atoms with Crippen LogP contribution in [0.25, 0.3) is 0 Å². The van der Waals surface area contributed by atoms with E-state index >= 15 is 0 Å². The van der Waals surface area contributed by atoms with E-state index in [9.17, 15) is 10.1 Å². The predicted molar refractivity (Wildman–Crippen MR) is 103 cm³/mol. The molecule has 6 nitrogen and oxygen atoms in total. The third-order valence-corrected chi connectivity index (χ3v) is 5.45. The Morgan fingerprint density at radius 3 is 2.59 bits per heavy atom. The van der Waals surface area contributed by atoms with Crippen molar-refractivity contribution in [3.8, 4) is 17.6 Å². The molecule has 0 aromatic heterocycles. The Morgan fingerprint density at radius 2 is 2.00 bits per heavy atom. The third-order valence-electron chi connectivity index (χ3n) is 4.86. The van der Waals surface area contributed by atoms with E-state index in [1.165, 1.54) is 7.11 Å². The highest BCUT2D eigenvalue weighted by Gasteiger charge is 2.43. The van der Waals surface area contributed by atoms with Crippen LogP contribution in [0.4, 0.5) is 0 Å². The van der Waals surface area contributed by atoms with E-state index in [0.29, 0.717) is 45.7 Å². The summed E-state index contributed by atoms with van der Waals surface area (Å²) < 4.78 is 17.2. The molecule has 1 atom stereocenters. The molecule has 0 unspecified atom stereocenters. The zero-order valence-corrected chi connectivity index (χ0v) is 17.3. The van der Waals surface area contributed by atoms with Crippen molar-refractivity contribution >= 4 is 21.7 Å². The summed E-state index contributed by atoms with van der Waals surface area (Å²) in [6.07, 6.45) is 0.969. The molecule has 0 saturated carbocycles. The summed E-state index contributed by atoms with van der Waals surface area (Å²) in [5.74, 6) is 0.987. The van der Waals surface area contributed by atoms with E-state index in [4.69, 9.17) is 19.9 Å². The second-order valence-corrected chi connectivity index (χ2v) is 8.30. The molecule has 1 aliphatic carbocycles. The van der Waals surface area contributed by atoms with Gasteiger partial charge in [-0.25, -0.2) is 0 Å². The number of carbonyl (C=O) groups is 1. The fourth-order valence-electron chi connectivity index (χ4n) is 3.72. The van der Waals surface area contributed by atoms with Crippen molar-refractivity contribution < 1.29 is 19.0 Å². The minimum Gasteiger partial charge on any atom is -0.493 e. The SMILES string of the molecule is COc1cc([C@@H]2C(C#N)=C(N)OC3=C2C(=O)CC(C)(C)C3)cc(Br)c1OC.